The van der Waals surface area contributed by atoms with Gasteiger partial charge in [0.1, 0.15) is 11.4 Å². The first-order chi connectivity index (χ1) is 16.2. The van der Waals surface area contributed by atoms with Crippen LogP contribution in [0.4, 0.5) is 14.9 Å². The smallest absolute Gasteiger partial charge is 0.312 e. The molecule has 0 N–H and O–H groups in total. The van der Waals surface area contributed by atoms with Crippen molar-refractivity contribution < 1.29 is 14.0 Å². The van der Waals surface area contributed by atoms with E-state index < -0.39 is 5.54 Å². The van der Waals surface area contributed by atoms with Crippen molar-refractivity contribution in [3.63, 3.8) is 0 Å². The van der Waals surface area contributed by atoms with E-state index >= 15 is 0 Å². The molecule has 0 atom stereocenters. The van der Waals surface area contributed by atoms with Crippen LogP contribution in [-0.2, 0) is 4.79 Å². The summed E-state index contributed by atoms with van der Waals surface area (Å²) in [5.41, 5.74) is 3.16. The third kappa shape index (κ3) is 4.68. The highest BCUT2D eigenvalue weighted by molar-refractivity contribution is 6.35. The topological polar surface area (TPSA) is 40.6 Å². The normalized spacial score (nSPS) is 16.7. The molecule has 3 aromatic rings. The van der Waals surface area contributed by atoms with Gasteiger partial charge in [0.05, 0.1) is 5.69 Å². The molecule has 1 heterocycles. The maximum Gasteiger partial charge on any atom is 0.332 e. The number of urea groups is 1. The Balaban J connectivity index is 0.000000172. The Bertz CT molecular complexity index is 1140. The van der Waals surface area contributed by atoms with Crippen LogP contribution >= 0.6 is 23.2 Å². The number of carbonyl (C=O) groups excluding carboxylic acids is 2. The first kappa shape index (κ1) is 24.2. The first-order valence-corrected chi connectivity index (χ1v) is 11.9. The molecule has 2 fully saturated rings. The Morgan fingerprint density at radius 1 is 0.824 bits per heavy atom. The van der Waals surface area contributed by atoms with Gasteiger partial charge in [-0.05, 0) is 61.2 Å². The van der Waals surface area contributed by atoms with Gasteiger partial charge in [-0.15, -0.1) is 0 Å². The molecule has 176 valence electrons. The number of likely N-dealkylation sites (N-methyl/N-ethyl adjacent to an activating group) is 1. The van der Waals surface area contributed by atoms with E-state index in [2.05, 4.69) is 19.1 Å². The average molecular weight is 499 g/mol. The quantitative estimate of drug-likeness (QED) is 0.343. The van der Waals surface area contributed by atoms with Crippen molar-refractivity contribution in [2.45, 2.75) is 38.1 Å². The van der Waals surface area contributed by atoms with Gasteiger partial charge in [0.15, 0.2) is 0 Å². The second-order valence-electron chi connectivity index (χ2n) is 8.72. The molecule has 3 aromatic carbocycles. The van der Waals surface area contributed by atoms with Gasteiger partial charge in [-0.2, -0.15) is 0 Å². The Morgan fingerprint density at radius 3 is 1.85 bits per heavy atom. The first-order valence-electron chi connectivity index (χ1n) is 11.1. The summed E-state index contributed by atoms with van der Waals surface area (Å²) in [6, 6.07) is 19.2. The van der Waals surface area contributed by atoms with Crippen molar-refractivity contribution in [3.05, 3.63) is 88.2 Å². The van der Waals surface area contributed by atoms with E-state index in [1.165, 1.54) is 22.6 Å². The standard InChI is InChI=1S/C14H14Cl2N2O2.C13H11F/c1-17-13(20)18(11-7-9(15)6-10(16)8-11)12(19)14(17)4-2-3-5-14;1-10-2-4-11(5-3-10)12-6-8-13(14)9-7-12/h6-8H,2-5H2,1H3;2-9H,1H3. The fourth-order valence-corrected chi connectivity index (χ4v) is 5.08. The molecule has 7 heteroatoms. The molecule has 4 nitrogen and oxygen atoms in total. The summed E-state index contributed by atoms with van der Waals surface area (Å²) in [7, 11) is 1.69. The van der Waals surface area contributed by atoms with Crippen molar-refractivity contribution in [1.82, 2.24) is 4.90 Å². The predicted octanol–water partition coefficient (Wildman–Crippen LogP) is 7.51. The second-order valence-corrected chi connectivity index (χ2v) is 9.59. The minimum Gasteiger partial charge on any atom is -0.312 e. The summed E-state index contributed by atoms with van der Waals surface area (Å²) in [4.78, 5) is 28.0. The summed E-state index contributed by atoms with van der Waals surface area (Å²) in [5.74, 6) is -0.360. The molecule has 1 aliphatic carbocycles. The van der Waals surface area contributed by atoms with Gasteiger partial charge in [-0.25, -0.2) is 14.1 Å². The van der Waals surface area contributed by atoms with Gasteiger partial charge in [0, 0.05) is 17.1 Å². The Morgan fingerprint density at radius 2 is 1.32 bits per heavy atom. The molecule has 1 saturated heterocycles. The van der Waals surface area contributed by atoms with Crippen LogP contribution in [0.3, 0.4) is 0 Å². The maximum atomic E-state index is 12.8. The van der Waals surface area contributed by atoms with Crippen LogP contribution in [0.25, 0.3) is 11.1 Å². The Kier molecular flexibility index (Phi) is 6.96. The summed E-state index contributed by atoms with van der Waals surface area (Å²) in [6.07, 6.45) is 3.37. The van der Waals surface area contributed by atoms with E-state index in [0.29, 0.717) is 15.7 Å². The molecule has 1 spiro atoms. The van der Waals surface area contributed by atoms with Crippen molar-refractivity contribution in [2.24, 2.45) is 0 Å². The minimum absolute atomic E-state index is 0.166. The van der Waals surface area contributed by atoms with Crippen molar-refractivity contribution in [1.29, 1.82) is 0 Å². The third-order valence-electron chi connectivity index (χ3n) is 6.49. The van der Waals surface area contributed by atoms with E-state index in [1.54, 1.807) is 42.3 Å². The lowest BCUT2D eigenvalue weighted by atomic mass is 9.96. The zero-order valence-corrected chi connectivity index (χ0v) is 20.5. The number of amides is 3. The van der Waals surface area contributed by atoms with Crippen LogP contribution in [-0.4, -0.2) is 29.4 Å². The summed E-state index contributed by atoms with van der Waals surface area (Å²) in [5, 5.41) is 0.811. The zero-order valence-electron chi connectivity index (χ0n) is 19.0. The average Bonchev–Trinajstić information content (AvgIpc) is 3.36. The number of hydrogen-bond donors (Lipinski definition) is 0. The lowest BCUT2D eigenvalue weighted by Gasteiger charge is -2.27. The number of benzene rings is 3. The lowest BCUT2D eigenvalue weighted by molar-refractivity contribution is -0.124. The van der Waals surface area contributed by atoms with E-state index in [4.69, 9.17) is 23.2 Å². The van der Waals surface area contributed by atoms with Gasteiger partial charge < -0.3 is 4.90 Å². The molecule has 0 unspecified atom stereocenters. The number of imide groups is 1. The minimum atomic E-state index is -0.675. The number of rotatable bonds is 2. The monoisotopic (exact) mass is 498 g/mol. The highest BCUT2D eigenvalue weighted by atomic mass is 35.5. The van der Waals surface area contributed by atoms with Crippen LogP contribution in [0.15, 0.2) is 66.7 Å². The number of aryl methyl sites for hydroxylation is 1. The van der Waals surface area contributed by atoms with Gasteiger partial charge in [0.2, 0.25) is 0 Å². The number of halogens is 3. The van der Waals surface area contributed by atoms with E-state index in [1.807, 2.05) is 12.1 Å². The van der Waals surface area contributed by atoms with Gasteiger partial charge in [0.25, 0.3) is 5.91 Å². The van der Waals surface area contributed by atoms with E-state index in [-0.39, 0.29) is 17.8 Å². The molecule has 1 aliphatic heterocycles. The van der Waals surface area contributed by atoms with Crippen molar-refractivity contribution in [2.75, 3.05) is 11.9 Å². The molecule has 5 rings (SSSR count). The third-order valence-corrected chi connectivity index (χ3v) is 6.92. The summed E-state index contributed by atoms with van der Waals surface area (Å²) < 4.78 is 12.7. The maximum absolute atomic E-state index is 12.8. The Hall–Kier alpha value is -2.89. The van der Waals surface area contributed by atoms with Crippen molar-refractivity contribution >= 4 is 40.8 Å². The fraction of sp³-hybridized carbons (Fsp3) is 0.259. The summed E-state index contributed by atoms with van der Waals surface area (Å²) in [6.45, 7) is 2.05. The molecular formula is C27H25Cl2FN2O2. The molecule has 1 saturated carbocycles. The molecule has 0 radical (unpaired) electrons. The molecule has 0 aromatic heterocycles. The van der Waals surface area contributed by atoms with Gasteiger partial charge in [-0.3, -0.25) is 4.79 Å². The fourth-order valence-electron chi connectivity index (χ4n) is 4.57. The number of carbonyl (C=O) groups is 2. The molecule has 0 bridgehead atoms. The van der Waals surface area contributed by atoms with Gasteiger partial charge >= 0.3 is 6.03 Å². The van der Waals surface area contributed by atoms with Crippen LogP contribution in [0.1, 0.15) is 31.2 Å². The van der Waals surface area contributed by atoms with Crippen LogP contribution < -0.4 is 4.90 Å². The van der Waals surface area contributed by atoms with E-state index in [9.17, 15) is 14.0 Å². The molecular weight excluding hydrogens is 474 g/mol. The van der Waals surface area contributed by atoms with Crippen LogP contribution in [0.2, 0.25) is 10.0 Å². The SMILES string of the molecule is CN1C(=O)N(c2cc(Cl)cc(Cl)c2)C(=O)C12CCCC2.Cc1ccc(-c2ccc(F)cc2)cc1. The van der Waals surface area contributed by atoms with E-state index in [0.717, 1.165) is 36.8 Å². The lowest BCUT2D eigenvalue weighted by Crippen LogP contribution is -2.45. The highest BCUT2D eigenvalue weighted by Crippen LogP contribution is 2.43. The Labute approximate surface area is 208 Å². The van der Waals surface area contributed by atoms with Crippen LogP contribution in [0, 0.1) is 12.7 Å². The second kappa shape index (κ2) is 9.77. The summed E-state index contributed by atoms with van der Waals surface area (Å²) >= 11 is 11.9. The molecule has 2 aliphatic rings. The van der Waals surface area contributed by atoms with Gasteiger partial charge in [-0.1, -0.05) is 78.0 Å². The number of hydrogen-bond acceptors (Lipinski definition) is 2. The van der Waals surface area contributed by atoms with Crippen molar-refractivity contribution in [3.8, 4) is 11.1 Å². The predicted molar refractivity (Wildman–Crippen MR) is 135 cm³/mol. The number of nitrogens with zero attached hydrogens (tertiary/aromatic N) is 2. The largest absolute Gasteiger partial charge is 0.332 e. The molecule has 34 heavy (non-hydrogen) atoms. The van der Waals surface area contributed by atoms with Crippen LogP contribution in [0.5, 0.6) is 0 Å². The number of anilines is 1. The molecule has 3 amide bonds. The zero-order chi connectivity index (χ0) is 24.5. The highest BCUT2D eigenvalue weighted by Gasteiger charge is 2.57.